The fourth-order valence-corrected chi connectivity index (χ4v) is 18.0. The van der Waals surface area contributed by atoms with Crippen LogP contribution in [0.15, 0.2) is 109 Å². The third-order valence-electron chi connectivity index (χ3n) is 11.4. The first-order chi connectivity index (χ1) is 22.0. The van der Waals surface area contributed by atoms with Gasteiger partial charge in [0.05, 0.1) is 0 Å². The molecule has 1 atom stereocenters. The first-order valence-electron chi connectivity index (χ1n) is 17.0. The zero-order valence-corrected chi connectivity index (χ0v) is 33.3. The van der Waals surface area contributed by atoms with Crippen LogP contribution in [0.25, 0.3) is 27.8 Å². The number of hydrogen-bond donors (Lipinski definition) is 0. The second-order valence-corrected chi connectivity index (χ2v) is 20.5. The maximum atomic E-state index is 2.75. The molecule has 1 unspecified atom stereocenters. The van der Waals surface area contributed by atoms with Crippen LogP contribution in [0, 0.1) is 5.92 Å². The van der Waals surface area contributed by atoms with Crippen molar-refractivity contribution >= 4 is 20.4 Å². The minimum Gasteiger partial charge on any atom is -1.00 e. The first kappa shape index (κ1) is 35.0. The first-order valence-corrected chi connectivity index (χ1v) is 20.9. The van der Waals surface area contributed by atoms with Gasteiger partial charge in [-0.3, -0.25) is 0 Å². The van der Waals surface area contributed by atoms with Gasteiger partial charge in [-0.15, -0.1) is 0 Å². The summed E-state index contributed by atoms with van der Waals surface area (Å²) in [5.74, 6) is 0.448. The Morgan fingerprint density at radius 3 is 1.92 bits per heavy atom. The molecule has 0 aromatic heterocycles. The Morgan fingerprint density at radius 1 is 0.688 bits per heavy atom. The zero-order valence-electron chi connectivity index (χ0n) is 29.4. The molecule has 0 saturated carbocycles. The topological polar surface area (TPSA) is 0 Å². The van der Waals surface area contributed by atoms with Gasteiger partial charge in [-0.05, 0) is 0 Å². The zero-order chi connectivity index (χ0) is 32.1. The Morgan fingerprint density at radius 2 is 1.27 bits per heavy atom. The Labute approximate surface area is 307 Å². The Kier molecular flexibility index (Phi) is 9.12. The van der Waals surface area contributed by atoms with Crippen molar-refractivity contribution < 1.29 is 46.1 Å². The molecule has 0 fully saturated rings. The molecule has 4 aromatic rings. The molecule has 0 radical (unpaired) electrons. The predicted octanol–water partition coefficient (Wildman–Crippen LogP) is 5.46. The number of allylic oxidation sites excluding steroid dienone is 8. The van der Waals surface area contributed by atoms with Gasteiger partial charge in [-0.25, -0.2) is 0 Å². The maximum absolute atomic E-state index is 2.75. The fourth-order valence-electron chi connectivity index (χ4n) is 9.27. The molecule has 0 saturated heterocycles. The van der Waals surface area contributed by atoms with E-state index < -0.39 is 21.3 Å². The molecule has 0 spiro atoms. The van der Waals surface area contributed by atoms with Crippen molar-refractivity contribution in [2.24, 2.45) is 5.92 Å². The molecule has 4 aromatic carbocycles. The van der Waals surface area contributed by atoms with E-state index in [4.69, 9.17) is 0 Å². The minimum absolute atomic E-state index is 0. The molecule has 0 heterocycles. The van der Waals surface area contributed by atoms with Crippen LogP contribution in [-0.4, -0.2) is 3.71 Å². The van der Waals surface area contributed by atoms with Crippen molar-refractivity contribution in [1.82, 2.24) is 0 Å². The molecule has 8 rings (SSSR count). The Hall–Kier alpha value is -2.83. The van der Waals surface area contributed by atoms with E-state index in [0.29, 0.717) is 5.92 Å². The number of benzene rings is 4. The molecule has 0 N–H and O–H groups in total. The van der Waals surface area contributed by atoms with E-state index in [9.17, 15) is 0 Å². The van der Waals surface area contributed by atoms with Crippen LogP contribution in [0.4, 0.5) is 0 Å². The molecule has 0 bridgehead atoms. The maximum Gasteiger partial charge on any atom is -1.00 e. The van der Waals surface area contributed by atoms with Gasteiger partial charge in [-0.2, -0.15) is 0 Å². The third-order valence-corrected chi connectivity index (χ3v) is 20.1. The molecule has 0 aliphatic heterocycles. The molecule has 4 aliphatic carbocycles. The van der Waals surface area contributed by atoms with Crippen molar-refractivity contribution in [2.45, 2.75) is 72.6 Å². The van der Waals surface area contributed by atoms with E-state index in [-0.39, 0.29) is 35.6 Å². The summed E-state index contributed by atoms with van der Waals surface area (Å²) in [5.41, 5.74) is 20.6. The van der Waals surface area contributed by atoms with Crippen LogP contribution < -0.4 is 24.8 Å². The minimum atomic E-state index is -2.58. The van der Waals surface area contributed by atoms with E-state index in [2.05, 4.69) is 156 Å². The number of fused-ring (bicyclic) bond motifs is 5. The van der Waals surface area contributed by atoms with Gasteiger partial charge in [-0.1, -0.05) is 0 Å². The second kappa shape index (κ2) is 12.5. The van der Waals surface area contributed by atoms with Gasteiger partial charge in [0.2, 0.25) is 0 Å². The molecule has 4 aliphatic rings. The van der Waals surface area contributed by atoms with Gasteiger partial charge in [0.15, 0.2) is 0 Å². The van der Waals surface area contributed by atoms with E-state index in [1.807, 2.05) is 0 Å². The average Bonchev–Trinajstić information content (AvgIpc) is 3.67. The molecule has 3 heteroatoms. The van der Waals surface area contributed by atoms with Crippen molar-refractivity contribution in [3.63, 3.8) is 0 Å². The SMILES string of the molecule is CC1=CC(C)(C)c2cc3c(cc21)-c1cc2c(cc1C3)C(C)(C)[C]([Zr+2](=[CH]c1ccccc1)[C]1=C(C)C(c3ccccc3)=CC1C)=C2C.[Cl-].[Cl-]. The molecule has 0 nitrogen and oxygen atoms in total. The molecule has 242 valence electrons. The van der Waals surface area contributed by atoms with Crippen LogP contribution in [0.1, 0.15) is 99.9 Å². The van der Waals surface area contributed by atoms with Crippen molar-refractivity contribution in [1.29, 1.82) is 0 Å². The largest absolute Gasteiger partial charge is 1.00 e. The second-order valence-electron chi connectivity index (χ2n) is 15.2. The van der Waals surface area contributed by atoms with Crippen LogP contribution >= 0.6 is 0 Å². The summed E-state index contributed by atoms with van der Waals surface area (Å²) in [6, 6.07) is 32.4. The van der Waals surface area contributed by atoms with E-state index >= 15 is 0 Å². The fraction of sp³-hybridized carbons (Fsp3) is 0.267. The van der Waals surface area contributed by atoms with Gasteiger partial charge < -0.3 is 24.8 Å². The summed E-state index contributed by atoms with van der Waals surface area (Å²) in [4.78, 5) is 0. The van der Waals surface area contributed by atoms with Crippen molar-refractivity contribution in [2.75, 3.05) is 0 Å². The summed E-state index contributed by atoms with van der Waals surface area (Å²) in [5, 5.41) is 0. The van der Waals surface area contributed by atoms with Gasteiger partial charge in [0, 0.05) is 0 Å². The van der Waals surface area contributed by atoms with Crippen molar-refractivity contribution in [3.8, 4) is 11.1 Å². The summed E-state index contributed by atoms with van der Waals surface area (Å²) in [6.45, 7) is 19.4. The van der Waals surface area contributed by atoms with Crippen LogP contribution in [0.2, 0.25) is 0 Å². The van der Waals surface area contributed by atoms with Gasteiger partial charge in [0.1, 0.15) is 0 Å². The number of halogens is 2. The third kappa shape index (κ3) is 5.32. The standard InChI is InChI=1S/C25H25.C13H13.C7H6.2ClH.Zr/c1-14-12-24(3,4)22-8-16-7-17-9-23-19(15(2)13-25(23,5)6)11-21(17)20(16)10-18(14)22;1-10-8-11(2)13(9-10)12-6-4-3-5-7-12;1-7-5-3-2-4-6-7;;;/h8-12H,7H2,1-6H3;3-7,9-10H,1-2H3;1-6H;2*1H;/q;;;;;+2/p-2. The number of rotatable bonds is 4. The quantitative estimate of drug-likeness (QED) is 0.230. The summed E-state index contributed by atoms with van der Waals surface area (Å²) < 4.78 is 6.23. The monoisotopic (exact) mass is 744 g/mol. The Bertz CT molecular complexity index is 2140. The Balaban J connectivity index is 0.00000201. The van der Waals surface area contributed by atoms with Crippen LogP contribution in [-0.2, 0) is 38.5 Å². The van der Waals surface area contributed by atoms with Gasteiger partial charge in [0.25, 0.3) is 0 Å². The van der Waals surface area contributed by atoms with E-state index in [1.54, 1.807) is 6.56 Å². The summed E-state index contributed by atoms with van der Waals surface area (Å²) >= 11 is -2.58. The summed E-state index contributed by atoms with van der Waals surface area (Å²) in [6.07, 6.45) is 6.04. The van der Waals surface area contributed by atoms with Crippen molar-refractivity contribution in [3.05, 3.63) is 154 Å². The molecule has 0 amide bonds. The van der Waals surface area contributed by atoms with Crippen LogP contribution in [0.5, 0.6) is 0 Å². The molecular formula is C45H44Cl2Zr. The molecule has 48 heavy (non-hydrogen) atoms. The van der Waals surface area contributed by atoms with E-state index in [1.165, 1.54) is 77.9 Å². The van der Waals surface area contributed by atoms with Gasteiger partial charge >= 0.3 is 285 Å². The summed E-state index contributed by atoms with van der Waals surface area (Å²) in [7, 11) is 0. The predicted molar refractivity (Wildman–Crippen MR) is 195 cm³/mol. The molecular weight excluding hydrogens is 703 g/mol. The van der Waals surface area contributed by atoms with Crippen LogP contribution in [0.3, 0.4) is 0 Å². The number of hydrogen-bond acceptors (Lipinski definition) is 0. The van der Waals surface area contributed by atoms with E-state index in [0.717, 1.165) is 6.42 Å². The average molecular weight is 747 g/mol. The smallest absolute Gasteiger partial charge is 1.00 e. The normalized spacial score (nSPS) is 19.2.